The van der Waals surface area contributed by atoms with Gasteiger partial charge < -0.3 is 25.0 Å². The Balaban J connectivity index is 1.32. The van der Waals surface area contributed by atoms with Gasteiger partial charge in [-0.3, -0.25) is 4.79 Å². The fourth-order valence-electron chi connectivity index (χ4n) is 3.45. The predicted octanol–water partition coefficient (Wildman–Crippen LogP) is 3.21. The minimum atomic E-state index is -0.266. The van der Waals surface area contributed by atoms with Crippen LogP contribution in [0, 0.1) is 19.8 Å². The molecule has 1 atom stereocenters. The van der Waals surface area contributed by atoms with Gasteiger partial charge in [-0.25, -0.2) is 4.79 Å². The van der Waals surface area contributed by atoms with E-state index in [4.69, 9.17) is 9.47 Å². The Morgan fingerprint density at radius 3 is 2.75 bits per heavy atom. The minimum Gasteiger partial charge on any atom is -0.454 e. The number of benzene rings is 2. The Labute approximate surface area is 163 Å². The lowest BCUT2D eigenvalue weighted by Crippen LogP contribution is -2.34. The molecule has 2 aromatic carbocycles. The van der Waals surface area contributed by atoms with Crippen LogP contribution in [-0.2, 0) is 4.79 Å². The number of hydrogen-bond acceptors (Lipinski definition) is 4. The van der Waals surface area contributed by atoms with E-state index in [1.54, 1.807) is 4.90 Å². The largest absolute Gasteiger partial charge is 0.454 e. The Morgan fingerprint density at radius 1 is 1.11 bits per heavy atom. The van der Waals surface area contributed by atoms with Crippen LogP contribution in [0.25, 0.3) is 0 Å². The van der Waals surface area contributed by atoms with E-state index in [0.717, 1.165) is 16.9 Å². The average molecular weight is 381 g/mol. The molecule has 4 rings (SSSR count). The zero-order valence-corrected chi connectivity index (χ0v) is 16.0. The maximum Gasteiger partial charge on any atom is 0.319 e. The van der Waals surface area contributed by atoms with Crippen LogP contribution < -0.4 is 25.0 Å². The van der Waals surface area contributed by atoms with Gasteiger partial charge in [0.05, 0.1) is 0 Å². The van der Waals surface area contributed by atoms with Gasteiger partial charge in [0, 0.05) is 42.9 Å². The molecule has 2 aromatic rings. The standard InChI is InChI=1S/C21H23N3O4/c1-13-3-4-16(7-14(13)2)23-21(26)22-10-15-8-20(25)24(11-15)17-5-6-18-19(9-17)28-12-27-18/h3-7,9,15H,8,10-12H2,1-2H3,(H2,22,23,26). The zero-order valence-electron chi connectivity index (χ0n) is 16.0. The Hall–Kier alpha value is -3.22. The number of amides is 3. The molecule has 2 aliphatic rings. The summed E-state index contributed by atoms with van der Waals surface area (Å²) in [5, 5.41) is 5.71. The van der Waals surface area contributed by atoms with Crippen molar-refractivity contribution in [3.8, 4) is 11.5 Å². The molecule has 0 saturated carbocycles. The number of fused-ring (bicyclic) bond motifs is 1. The Morgan fingerprint density at radius 2 is 1.93 bits per heavy atom. The van der Waals surface area contributed by atoms with E-state index in [1.165, 1.54) is 5.56 Å². The quantitative estimate of drug-likeness (QED) is 0.852. The van der Waals surface area contributed by atoms with Crippen molar-refractivity contribution in [2.24, 2.45) is 5.92 Å². The number of anilines is 2. The van der Waals surface area contributed by atoms with Crippen LogP contribution >= 0.6 is 0 Å². The van der Waals surface area contributed by atoms with Crippen LogP contribution in [0.2, 0.25) is 0 Å². The van der Waals surface area contributed by atoms with E-state index >= 15 is 0 Å². The Kier molecular flexibility index (Phi) is 4.81. The molecule has 2 aliphatic heterocycles. The Bertz CT molecular complexity index is 928. The number of aryl methyl sites for hydroxylation is 2. The molecule has 7 heteroatoms. The molecule has 0 aliphatic carbocycles. The van der Waals surface area contributed by atoms with Gasteiger partial charge in [-0.05, 0) is 49.2 Å². The first-order valence-electron chi connectivity index (χ1n) is 9.32. The van der Waals surface area contributed by atoms with Crippen LogP contribution in [0.4, 0.5) is 16.2 Å². The second-order valence-electron chi connectivity index (χ2n) is 7.25. The third-order valence-corrected chi connectivity index (χ3v) is 5.19. The van der Waals surface area contributed by atoms with Crippen molar-refractivity contribution >= 4 is 23.3 Å². The maximum atomic E-state index is 12.4. The highest BCUT2D eigenvalue weighted by Crippen LogP contribution is 2.37. The number of urea groups is 1. The highest BCUT2D eigenvalue weighted by molar-refractivity contribution is 5.96. The lowest BCUT2D eigenvalue weighted by Gasteiger charge is -2.17. The summed E-state index contributed by atoms with van der Waals surface area (Å²) >= 11 is 0. The summed E-state index contributed by atoms with van der Waals surface area (Å²) in [6, 6.07) is 11.0. The molecule has 2 heterocycles. The third kappa shape index (κ3) is 3.74. The monoisotopic (exact) mass is 381 g/mol. The van der Waals surface area contributed by atoms with Crippen molar-refractivity contribution in [1.82, 2.24) is 5.32 Å². The molecule has 1 saturated heterocycles. The summed E-state index contributed by atoms with van der Waals surface area (Å²) in [6.07, 6.45) is 0.401. The van der Waals surface area contributed by atoms with Gasteiger partial charge in [0.2, 0.25) is 12.7 Å². The normalized spacial score (nSPS) is 17.7. The summed E-state index contributed by atoms with van der Waals surface area (Å²) in [5.74, 6) is 1.44. The van der Waals surface area contributed by atoms with Crippen molar-refractivity contribution in [1.29, 1.82) is 0 Å². The molecule has 146 valence electrons. The van der Waals surface area contributed by atoms with Crippen molar-refractivity contribution in [2.75, 3.05) is 30.1 Å². The van der Waals surface area contributed by atoms with Gasteiger partial charge in [-0.2, -0.15) is 0 Å². The summed E-state index contributed by atoms with van der Waals surface area (Å²) in [5.41, 5.74) is 3.85. The number of carbonyl (C=O) groups is 2. The van der Waals surface area contributed by atoms with Crippen molar-refractivity contribution in [3.05, 3.63) is 47.5 Å². The summed E-state index contributed by atoms with van der Waals surface area (Å²) < 4.78 is 10.7. The first kappa shape index (κ1) is 18.2. The van der Waals surface area contributed by atoms with Gasteiger partial charge in [0.1, 0.15) is 0 Å². The number of carbonyl (C=O) groups excluding carboxylic acids is 2. The van der Waals surface area contributed by atoms with E-state index < -0.39 is 0 Å². The molecular formula is C21H23N3O4. The van der Waals surface area contributed by atoms with E-state index in [0.29, 0.717) is 31.0 Å². The second-order valence-corrected chi connectivity index (χ2v) is 7.25. The molecule has 1 unspecified atom stereocenters. The van der Waals surface area contributed by atoms with Crippen molar-refractivity contribution in [3.63, 3.8) is 0 Å². The van der Waals surface area contributed by atoms with Crippen LogP contribution in [0.5, 0.6) is 11.5 Å². The first-order chi connectivity index (χ1) is 13.5. The highest BCUT2D eigenvalue weighted by Gasteiger charge is 2.31. The molecule has 1 fully saturated rings. The highest BCUT2D eigenvalue weighted by atomic mass is 16.7. The number of rotatable bonds is 4. The molecule has 28 heavy (non-hydrogen) atoms. The number of nitrogens with one attached hydrogen (secondary N) is 2. The van der Waals surface area contributed by atoms with Gasteiger partial charge >= 0.3 is 6.03 Å². The minimum absolute atomic E-state index is 0.0419. The number of nitrogens with zero attached hydrogens (tertiary/aromatic N) is 1. The fraction of sp³-hybridized carbons (Fsp3) is 0.333. The molecule has 7 nitrogen and oxygen atoms in total. The lowest BCUT2D eigenvalue weighted by molar-refractivity contribution is -0.117. The van der Waals surface area contributed by atoms with E-state index in [-0.39, 0.29) is 24.6 Å². The molecule has 0 aromatic heterocycles. The van der Waals surface area contributed by atoms with E-state index in [1.807, 2.05) is 50.2 Å². The molecule has 3 amide bonds. The zero-order chi connectivity index (χ0) is 19.7. The topological polar surface area (TPSA) is 79.9 Å². The van der Waals surface area contributed by atoms with E-state index in [9.17, 15) is 9.59 Å². The summed E-state index contributed by atoms with van der Waals surface area (Å²) in [6.45, 7) is 5.23. The molecule has 2 N–H and O–H groups in total. The smallest absolute Gasteiger partial charge is 0.319 e. The molecular weight excluding hydrogens is 358 g/mol. The molecule has 0 spiro atoms. The van der Waals surface area contributed by atoms with Crippen LogP contribution in [0.3, 0.4) is 0 Å². The van der Waals surface area contributed by atoms with Crippen LogP contribution in [-0.4, -0.2) is 31.8 Å². The van der Waals surface area contributed by atoms with Gasteiger partial charge in [-0.15, -0.1) is 0 Å². The fourth-order valence-corrected chi connectivity index (χ4v) is 3.45. The number of ether oxygens (including phenoxy) is 2. The number of hydrogen-bond donors (Lipinski definition) is 2. The summed E-state index contributed by atoms with van der Waals surface area (Å²) in [4.78, 5) is 26.3. The van der Waals surface area contributed by atoms with Gasteiger partial charge in [-0.1, -0.05) is 6.07 Å². The second kappa shape index (κ2) is 7.42. The lowest BCUT2D eigenvalue weighted by atomic mass is 10.1. The van der Waals surface area contributed by atoms with Gasteiger partial charge in [0.25, 0.3) is 0 Å². The molecule has 0 bridgehead atoms. The maximum absolute atomic E-state index is 12.4. The molecule has 0 radical (unpaired) electrons. The summed E-state index contributed by atoms with van der Waals surface area (Å²) in [7, 11) is 0. The third-order valence-electron chi connectivity index (χ3n) is 5.19. The van der Waals surface area contributed by atoms with Crippen molar-refractivity contribution < 1.29 is 19.1 Å². The van der Waals surface area contributed by atoms with Crippen molar-refractivity contribution in [2.45, 2.75) is 20.3 Å². The van der Waals surface area contributed by atoms with Crippen LogP contribution in [0.15, 0.2) is 36.4 Å². The predicted molar refractivity (Wildman–Crippen MR) is 106 cm³/mol. The average Bonchev–Trinajstić information content (AvgIpc) is 3.28. The van der Waals surface area contributed by atoms with Gasteiger partial charge in [0.15, 0.2) is 11.5 Å². The van der Waals surface area contributed by atoms with Crippen LogP contribution in [0.1, 0.15) is 17.5 Å². The first-order valence-corrected chi connectivity index (χ1v) is 9.32. The SMILES string of the molecule is Cc1ccc(NC(=O)NCC2CC(=O)N(c3ccc4c(c3)OCO4)C2)cc1C. The van der Waals surface area contributed by atoms with E-state index in [2.05, 4.69) is 10.6 Å².